The van der Waals surface area contributed by atoms with Crippen molar-refractivity contribution in [2.24, 2.45) is 23.2 Å². The summed E-state index contributed by atoms with van der Waals surface area (Å²) >= 11 is 0. The molecule has 4 aliphatic rings. The Kier molecular flexibility index (Phi) is 4.36. The normalized spacial score (nSPS) is 35.3. The maximum absolute atomic E-state index is 13.3. The summed E-state index contributed by atoms with van der Waals surface area (Å²) in [6.07, 6.45) is 6.20. The molecule has 0 radical (unpaired) electrons. The number of nitrogens with one attached hydrogen (secondary N) is 1. The number of hydrogen-bond acceptors (Lipinski definition) is 3. The number of benzene rings is 1. The van der Waals surface area contributed by atoms with Crippen molar-refractivity contribution >= 4 is 11.9 Å². The number of aryl methyl sites for hydroxylation is 1. The van der Waals surface area contributed by atoms with Crippen LogP contribution in [0.1, 0.15) is 63.5 Å². The van der Waals surface area contributed by atoms with Crippen LogP contribution in [-0.4, -0.2) is 17.9 Å². The van der Waals surface area contributed by atoms with Gasteiger partial charge < -0.3 is 15.2 Å². The fourth-order valence-corrected chi connectivity index (χ4v) is 6.57. The van der Waals surface area contributed by atoms with E-state index in [1.807, 2.05) is 13.8 Å². The van der Waals surface area contributed by atoms with Gasteiger partial charge in [-0.25, -0.2) is 0 Å². The Morgan fingerprint density at radius 3 is 2.19 bits per heavy atom. The number of amides is 1. The quantitative estimate of drug-likeness (QED) is 0.869. The number of carboxylic acids is 1. The molecule has 1 aromatic rings. The summed E-state index contributed by atoms with van der Waals surface area (Å²) in [5.41, 5.74) is 2.27. The number of carboxylic acid groups (broad SMARTS) is 1. The van der Waals surface area contributed by atoms with E-state index >= 15 is 0 Å². The smallest absolute Gasteiger partial charge is 0.226 e. The van der Waals surface area contributed by atoms with Gasteiger partial charge in [-0.2, -0.15) is 0 Å². The Morgan fingerprint density at radius 1 is 1.07 bits per heavy atom. The molecule has 1 amide bonds. The van der Waals surface area contributed by atoms with Gasteiger partial charge in [-0.05, 0) is 74.2 Å². The highest BCUT2D eigenvalue weighted by atomic mass is 16.4. The van der Waals surface area contributed by atoms with Crippen molar-refractivity contribution < 1.29 is 14.7 Å². The lowest BCUT2D eigenvalue weighted by atomic mass is 9.42. The van der Waals surface area contributed by atoms with E-state index < -0.39 is 17.4 Å². The highest BCUT2D eigenvalue weighted by Gasteiger charge is 2.61. The van der Waals surface area contributed by atoms with Crippen LogP contribution in [0.3, 0.4) is 0 Å². The lowest BCUT2D eigenvalue weighted by molar-refractivity contribution is -0.309. The first-order valence-corrected chi connectivity index (χ1v) is 10.3. The van der Waals surface area contributed by atoms with Crippen molar-refractivity contribution in [2.45, 2.75) is 70.8 Å². The molecule has 5 atom stereocenters. The monoisotopic (exact) mass is 368 g/mol. The topological polar surface area (TPSA) is 69.2 Å². The molecule has 146 valence electrons. The zero-order chi connectivity index (χ0) is 19.4. The van der Waals surface area contributed by atoms with Crippen molar-refractivity contribution in [2.75, 3.05) is 0 Å². The van der Waals surface area contributed by atoms with E-state index in [4.69, 9.17) is 0 Å². The maximum Gasteiger partial charge on any atom is 0.226 e. The number of carbonyl (C=O) groups is 2. The Hall–Kier alpha value is -1.84. The van der Waals surface area contributed by atoms with Crippen molar-refractivity contribution in [3.63, 3.8) is 0 Å². The fourth-order valence-electron chi connectivity index (χ4n) is 6.57. The number of hydrogen-bond donors (Lipinski definition) is 1. The van der Waals surface area contributed by atoms with Gasteiger partial charge in [0.1, 0.15) is 0 Å². The molecule has 4 bridgehead atoms. The highest BCUT2D eigenvalue weighted by Crippen LogP contribution is 2.65. The molecule has 27 heavy (non-hydrogen) atoms. The number of carbonyl (C=O) groups excluding carboxylic acids is 2. The van der Waals surface area contributed by atoms with E-state index in [1.54, 1.807) is 0 Å². The lowest BCUT2D eigenvalue weighted by Gasteiger charge is -2.61. The molecule has 0 aliphatic heterocycles. The molecule has 4 fully saturated rings. The predicted octanol–water partition coefficient (Wildman–Crippen LogP) is 2.72. The van der Waals surface area contributed by atoms with Gasteiger partial charge in [-0.1, -0.05) is 43.7 Å². The number of aliphatic carboxylic acids is 1. The van der Waals surface area contributed by atoms with Crippen molar-refractivity contribution in [3.8, 4) is 0 Å². The van der Waals surface area contributed by atoms with Crippen LogP contribution >= 0.6 is 0 Å². The summed E-state index contributed by atoms with van der Waals surface area (Å²) < 4.78 is 0. The van der Waals surface area contributed by atoms with E-state index in [0.29, 0.717) is 11.8 Å². The van der Waals surface area contributed by atoms with Crippen molar-refractivity contribution in [1.82, 2.24) is 5.32 Å². The third kappa shape index (κ3) is 3.07. The summed E-state index contributed by atoms with van der Waals surface area (Å²) in [5, 5.41) is 14.3. The van der Waals surface area contributed by atoms with E-state index in [2.05, 4.69) is 36.5 Å². The molecule has 4 heteroatoms. The van der Waals surface area contributed by atoms with E-state index in [9.17, 15) is 14.7 Å². The van der Waals surface area contributed by atoms with Crippen molar-refractivity contribution in [3.05, 3.63) is 35.4 Å². The molecule has 0 saturated heterocycles. The van der Waals surface area contributed by atoms with Gasteiger partial charge in [-0.3, -0.25) is 4.79 Å². The fraction of sp³-hybridized carbons (Fsp3) is 0.652. The lowest BCUT2D eigenvalue weighted by Crippen LogP contribution is -2.62. The first-order chi connectivity index (χ1) is 12.7. The van der Waals surface area contributed by atoms with Crippen LogP contribution in [-0.2, 0) is 15.0 Å². The van der Waals surface area contributed by atoms with Gasteiger partial charge >= 0.3 is 0 Å². The van der Waals surface area contributed by atoms with Crippen LogP contribution in [0.2, 0.25) is 0 Å². The van der Waals surface area contributed by atoms with Gasteiger partial charge in [0.15, 0.2) is 0 Å². The molecule has 5 rings (SSSR count). The standard InChI is InChI=1S/C23H31NO3/c1-14(2)19(20(25)26)24-21(27)23-11-16-8-17(12-23)10-22(9-16,13-23)18-6-4-15(3)5-7-18/h4-7,14,16-17,19H,8-13H2,1-3H3,(H,24,27)(H,25,26)/p-1/t16-,17+,19-,22?,23?/m0/s1. The second-order valence-electron chi connectivity index (χ2n) is 9.90. The summed E-state index contributed by atoms with van der Waals surface area (Å²) in [7, 11) is 0. The third-order valence-corrected chi connectivity index (χ3v) is 7.41. The summed E-state index contributed by atoms with van der Waals surface area (Å²) in [5.74, 6) is -0.288. The third-order valence-electron chi connectivity index (χ3n) is 7.41. The molecular weight excluding hydrogens is 338 g/mol. The van der Waals surface area contributed by atoms with Crippen molar-refractivity contribution in [1.29, 1.82) is 0 Å². The summed E-state index contributed by atoms with van der Waals surface area (Å²) in [4.78, 5) is 24.8. The Morgan fingerprint density at radius 2 is 1.67 bits per heavy atom. The van der Waals surface area contributed by atoms with Crippen LogP contribution < -0.4 is 10.4 Å². The summed E-state index contributed by atoms with van der Waals surface area (Å²) in [6.45, 7) is 5.73. The Labute approximate surface area is 161 Å². The van der Waals surface area contributed by atoms with E-state index in [-0.39, 0.29) is 17.2 Å². The van der Waals surface area contributed by atoms with Gasteiger partial charge in [0.25, 0.3) is 0 Å². The molecule has 1 aromatic carbocycles. The second kappa shape index (κ2) is 6.35. The van der Waals surface area contributed by atoms with Crippen LogP contribution in [0.4, 0.5) is 0 Å². The number of rotatable bonds is 5. The molecule has 4 nitrogen and oxygen atoms in total. The molecule has 0 spiro atoms. The minimum Gasteiger partial charge on any atom is -0.548 e. The second-order valence-corrected chi connectivity index (χ2v) is 9.90. The zero-order valence-corrected chi connectivity index (χ0v) is 16.6. The Bertz CT molecular complexity index is 737. The minimum atomic E-state index is -1.18. The average molecular weight is 368 g/mol. The average Bonchev–Trinajstić information content (AvgIpc) is 2.58. The van der Waals surface area contributed by atoms with Gasteiger partial charge in [0, 0.05) is 0 Å². The Balaban J connectivity index is 1.64. The predicted molar refractivity (Wildman–Crippen MR) is 102 cm³/mol. The van der Waals surface area contributed by atoms with Gasteiger partial charge in [0.05, 0.1) is 17.4 Å². The molecular formula is C23H30NO3-. The van der Waals surface area contributed by atoms with Gasteiger partial charge in [0.2, 0.25) is 5.91 Å². The minimum absolute atomic E-state index is 0.0593. The molecule has 4 aliphatic carbocycles. The highest BCUT2D eigenvalue weighted by molar-refractivity contribution is 5.87. The first kappa shape index (κ1) is 18.5. The molecule has 2 unspecified atom stereocenters. The van der Waals surface area contributed by atoms with Crippen LogP contribution in [0.5, 0.6) is 0 Å². The van der Waals surface area contributed by atoms with Crippen LogP contribution in [0.25, 0.3) is 0 Å². The van der Waals surface area contributed by atoms with E-state index in [1.165, 1.54) is 17.5 Å². The largest absolute Gasteiger partial charge is 0.548 e. The molecule has 4 saturated carbocycles. The van der Waals surface area contributed by atoms with Crippen LogP contribution in [0, 0.1) is 30.1 Å². The van der Waals surface area contributed by atoms with Gasteiger partial charge in [-0.15, -0.1) is 0 Å². The molecule has 1 N–H and O–H groups in total. The first-order valence-electron chi connectivity index (χ1n) is 10.3. The zero-order valence-electron chi connectivity index (χ0n) is 16.6. The SMILES string of the molecule is Cc1ccc(C23C[C@@H]4C[C@@H](CC(C(=O)N[C@H](C(=O)[O-])C(C)C)(C4)C2)C3)cc1. The molecule has 0 heterocycles. The van der Waals surface area contributed by atoms with Crippen LogP contribution in [0.15, 0.2) is 24.3 Å². The molecule has 0 aromatic heterocycles. The maximum atomic E-state index is 13.3. The summed E-state index contributed by atoms with van der Waals surface area (Å²) in [6, 6.07) is 7.91. The van der Waals surface area contributed by atoms with E-state index in [0.717, 1.165) is 32.1 Å².